The van der Waals surface area contributed by atoms with Crippen molar-refractivity contribution in [1.29, 1.82) is 0 Å². The number of methoxy groups -OCH3 is 1. The molecule has 0 radical (unpaired) electrons. The maximum absolute atomic E-state index is 11.8. The highest BCUT2D eigenvalue weighted by atomic mass is 16.6. The first-order valence-corrected chi connectivity index (χ1v) is 6.32. The summed E-state index contributed by atoms with van der Waals surface area (Å²) < 4.78 is 11.0. The Morgan fingerprint density at radius 1 is 1.45 bits per heavy atom. The molecule has 112 valence electrons. The highest BCUT2D eigenvalue weighted by Crippen LogP contribution is 2.15. The Balaban J connectivity index is 2.62. The Bertz CT molecular complexity index is 476. The average Bonchev–Trinajstić information content (AvgIpc) is 2.83. The number of imidazole rings is 1. The van der Waals surface area contributed by atoms with Crippen LogP contribution in [0.4, 0.5) is 4.79 Å². The van der Waals surface area contributed by atoms with Crippen molar-refractivity contribution in [2.75, 3.05) is 7.11 Å². The molecule has 0 amide bonds. The van der Waals surface area contributed by atoms with Gasteiger partial charge in [-0.15, -0.1) is 0 Å². The summed E-state index contributed by atoms with van der Waals surface area (Å²) in [5.41, 5.74) is 5.86. The van der Waals surface area contributed by atoms with Gasteiger partial charge in [0.25, 0.3) is 0 Å². The largest absolute Gasteiger partial charge is 0.469 e. The molecule has 0 saturated heterocycles. The number of nitrogens with zero attached hydrogens (tertiary/aromatic N) is 2. The first-order chi connectivity index (χ1) is 9.23. The Hall–Kier alpha value is -1.89. The lowest BCUT2D eigenvalue weighted by Gasteiger charge is -2.19. The number of esters is 1. The van der Waals surface area contributed by atoms with Crippen LogP contribution in [0.5, 0.6) is 0 Å². The van der Waals surface area contributed by atoms with Crippen LogP contribution in [-0.4, -0.2) is 34.3 Å². The van der Waals surface area contributed by atoms with Crippen LogP contribution in [-0.2, 0) is 14.3 Å². The van der Waals surface area contributed by atoms with E-state index in [0.29, 0.717) is 12.1 Å². The molecule has 0 spiro atoms. The van der Waals surface area contributed by atoms with E-state index in [2.05, 4.69) is 9.72 Å². The quantitative estimate of drug-likeness (QED) is 0.843. The van der Waals surface area contributed by atoms with Crippen LogP contribution in [0.3, 0.4) is 0 Å². The van der Waals surface area contributed by atoms with Crippen molar-refractivity contribution in [2.45, 2.75) is 45.3 Å². The fourth-order valence-corrected chi connectivity index (χ4v) is 1.47. The van der Waals surface area contributed by atoms with Gasteiger partial charge in [-0.1, -0.05) is 0 Å². The summed E-state index contributed by atoms with van der Waals surface area (Å²) in [4.78, 5) is 26.9. The van der Waals surface area contributed by atoms with Crippen LogP contribution in [0.2, 0.25) is 0 Å². The van der Waals surface area contributed by atoms with Gasteiger partial charge in [0.15, 0.2) is 0 Å². The number of carbonyl (C=O) groups is 2. The molecular weight excluding hydrogens is 262 g/mol. The Morgan fingerprint density at radius 3 is 2.65 bits per heavy atom. The summed E-state index contributed by atoms with van der Waals surface area (Å²) in [5.74, 6) is -0.327. The number of hydrogen-bond donors (Lipinski definition) is 1. The van der Waals surface area contributed by atoms with Gasteiger partial charge in [-0.3, -0.25) is 4.79 Å². The Morgan fingerprint density at radius 2 is 2.10 bits per heavy atom. The van der Waals surface area contributed by atoms with E-state index in [9.17, 15) is 9.59 Å². The molecule has 2 N–H and O–H groups in total. The van der Waals surface area contributed by atoms with Gasteiger partial charge in [0, 0.05) is 18.7 Å². The van der Waals surface area contributed by atoms with Crippen LogP contribution in [0, 0.1) is 0 Å². The maximum Gasteiger partial charge on any atom is 0.419 e. The fraction of sp³-hybridized carbons (Fsp3) is 0.615. The van der Waals surface area contributed by atoms with Gasteiger partial charge in [-0.05, 0) is 27.2 Å². The van der Waals surface area contributed by atoms with Gasteiger partial charge in [0.2, 0.25) is 0 Å². The van der Waals surface area contributed by atoms with Crippen LogP contribution in [0.1, 0.15) is 45.3 Å². The lowest BCUT2D eigenvalue weighted by atomic mass is 10.1. The normalized spacial score (nSPS) is 12.8. The number of hydrogen-bond acceptors (Lipinski definition) is 6. The number of aromatic nitrogens is 2. The van der Waals surface area contributed by atoms with Gasteiger partial charge in [-0.2, -0.15) is 0 Å². The molecule has 1 aromatic rings. The van der Waals surface area contributed by atoms with Crippen LogP contribution in [0.25, 0.3) is 0 Å². The van der Waals surface area contributed by atoms with Gasteiger partial charge < -0.3 is 15.2 Å². The molecule has 0 bridgehead atoms. The smallest absolute Gasteiger partial charge is 0.419 e. The minimum Gasteiger partial charge on any atom is -0.469 e. The number of nitrogens with two attached hydrogens (primary N) is 1. The SMILES string of the molecule is COC(=O)CCC(N)c1cn(C(=O)OC(C)(C)C)cn1. The zero-order chi connectivity index (χ0) is 15.3. The van der Waals surface area contributed by atoms with Crippen molar-refractivity contribution in [3.63, 3.8) is 0 Å². The minimum atomic E-state index is -0.575. The zero-order valence-corrected chi connectivity index (χ0v) is 12.3. The fourth-order valence-electron chi connectivity index (χ4n) is 1.47. The Kier molecular flexibility index (Phi) is 5.26. The molecule has 1 aromatic heterocycles. The van der Waals surface area contributed by atoms with Crippen LogP contribution in [0.15, 0.2) is 12.5 Å². The minimum absolute atomic E-state index is 0.205. The van der Waals surface area contributed by atoms with E-state index in [1.54, 1.807) is 20.8 Å². The van der Waals surface area contributed by atoms with E-state index >= 15 is 0 Å². The van der Waals surface area contributed by atoms with E-state index in [4.69, 9.17) is 10.5 Å². The van der Waals surface area contributed by atoms with Crippen molar-refractivity contribution in [3.05, 3.63) is 18.2 Å². The molecule has 0 aliphatic heterocycles. The monoisotopic (exact) mass is 283 g/mol. The van der Waals surface area contributed by atoms with Crippen molar-refractivity contribution in [3.8, 4) is 0 Å². The summed E-state index contributed by atoms with van der Waals surface area (Å²) in [6, 6.07) is -0.433. The van der Waals surface area contributed by atoms with Crippen molar-refractivity contribution >= 4 is 12.1 Å². The molecular formula is C13H21N3O4. The summed E-state index contributed by atoms with van der Waals surface area (Å²) in [6.07, 6.45) is 2.95. The molecule has 0 saturated carbocycles. The number of rotatable bonds is 4. The molecule has 7 nitrogen and oxygen atoms in total. The second kappa shape index (κ2) is 6.51. The molecule has 1 heterocycles. The average molecular weight is 283 g/mol. The van der Waals surface area contributed by atoms with Gasteiger partial charge in [0.05, 0.1) is 12.8 Å². The van der Waals surface area contributed by atoms with Crippen LogP contribution >= 0.6 is 0 Å². The third-order valence-corrected chi connectivity index (χ3v) is 2.47. The molecule has 0 aromatic carbocycles. The summed E-state index contributed by atoms with van der Waals surface area (Å²) in [7, 11) is 1.32. The number of carbonyl (C=O) groups excluding carboxylic acids is 2. The van der Waals surface area contributed by atoms with E-state index in [-0.39, 0.29) is 12.4 Å². The molecule has 20 heavy (non-hydrogen) atoms. The molecule has 1 unspecified atom stereocenters. The van der Waals surface area contributed by atoms with Crippen molar-refractivity contribution in [1.82, 2.24) is 9.55 Å². The van der Waals surface area contributed by atoms with E-state index in [1.165, 1.54) is 24.2 Å². The lowest BCUT2D eigenvalue weighted by Crippen LogP contribution is -2.26. The van der Waals surface area contributed by atoms with E-state index in [0.717, 1.165) is 0 Å². The molecule has 1 atom stereocenters. The standard InChI is InChI=1S/C13H21N3O4/c1-13(2,3)20-12(18)16-7-10(15-8-16)9(14)5-6-11(17)19-4/h7-9H,5-6,14H2,1-4H3. The highest BCUT2D eigenvalue weighted by molar-refractivity contribution is 5.71. The molecule has 0 fully saturated rings. The van der Waals surface area contributed by atoms with Crippen molar-refractivity contribution in [2.24, 2.45) is 5.73 Å². The second-order valence-electron chi connectivity index (χ2n) is 5.41. The van der Waals surface area contributed by atoms with Gasteiger partial charge in [-0.25, -0.2) is 14.3 Å². The predicted molar refractivity (Wildman–Crippen MR) is 72.0 cm³/mol. The summed E-state index contributed by atoms with van der Waals surface area (Å²) in [5, 5.41) is 0. The number of ether oxygens (including phenoxy) is 2. The molecule has 1 rings (SSSR count). The summed E-state index contributed by atoms with van der Waals surface area (Å²) >= 11 is 0. The van der Waals surface area contributed by atoms with Gasteiger partial charge in [0.1, 0.15) is 11.9 Å². The molecule has 0 aliphatic rings. The Labute approximate surface area is 118 Å². The third kappa shape index (κ3) is 5.00. The van der Waals surface area contributed by atoms with Crippen molar-refractivity contribution < 1.29 is 19.1 Å². The molecule has 7 heteroatoms. The van der Waals surface area contributed by atoms with Gasteiger partial charge >= 0.3 is 12.1 Å². The highest BCUT2D eigenvalue weighted by Gasteiger charge is 2.19. The lowest BCUT2D eigenvalue weighted by molar-refractivity contribution is -0.140. The zero-order valence-electron chi connectivity index (χ0n) is 12.3. The first-order valence-electron chi connectivity index (χ1n) is 6.32. The molecule has 0 aliphatic carbocycles. The maximum atomic E-state index is 11.8. The summed E-state index contributed by atoms with van der Waals surface area (Å²) in [6.45, 7) is 5.35. The van der Waals surface area contributed by atoms with E-state index < -0.39 is 17.7 Å². The second-order valence-corrected chi connectivity index (χ2v) is 5.41. The topological polar surface area (TPSA) is 96.4 Å². The first kappa shape index (κ1) is 16.2. The predicted octanol–water partition coefficient (Wildman–Crippen LogP) is 1.62. The third-order valence-electron chi connectivity index (χ3n) is 2.47. The van der Waals surface area contributed by atoms with Crippen LogP contribution < -0.4 is 5.73 Å². The van der Waals surface area contributed by atoms with E-state index in [1.807, 2.05) is 0 Å².